The van der Waals surface area contributed by atoms with Gasteiger partial charge >= 0.3 is 6.09 Å². The summed E-state index contributed by atoms with van der Waals surface area (Å²) in [6.07, 6.45) is 9.49. The smallest absolute Gasteiger partial charge is 0.410 e. The van der Waals surface area contributed by atoms with Crippen LogP contribution < -0.4 is 10.6 Å². The van der Waals surface area contributed by atoms with Crippen LogP contribution >= 0.6 is 0 Å². The van der Waals surface area contributed by atoms with Gasteiger partial charge in [0.1, 0.15) is 17.1 Å². The molecule has 6 rings (SSSR count). The molecule has 2 N–H and O–H groups in total. The number of nitrogens with zero attached hydrogens (tertiary/aromatic N) is 8. The molecular formula is C29H33N9O3. The zero-order valence-corrected chi connectivity index (χ0v) is 23.4. The number of nitrogens with two attached hydrogens (primary N) is 1. The molecule has 12 nitrogen and oxygen atoms in total. The van der Waals surface area contributed by atoms with Gasteiger partial charge in [0.15, 0.2) is 5.82 Å². The summed E-state index contributed by atoms with van der Waals surface area (Å²) in [6.45, 7) is 8.01. The Labute approximate surface area is 238 Å². The first-order valence-electron chi connectivity index (χ1n) is 13.8. The molecule has 1 saturated heterocycles. The van der Waals surface area contributed by atoms with E-state index in [9.17, 15) is 4.79 Å². The van der Waals surface area contributed by atoms with E-state index in [0.717, 1.165) is 41.8 Å². The number of piperazine rings is 1. The van der Waals surface area contributed by atoms with Crippen LogP contribution in [-0.4, -0.2) is 72.8 Å². The molecule has 0 atom stereocenters. The quantitative estimate of drug-likeness (QED) is 0.379. The van der Waals surface area contributed by atoms with Crippen molar-refractivity contribution < 1.29 is 14.1 Å². The summed E-state index contributed by atoms with van der Waals surface area (Å²) in [7, 11) is 0. The molecule has 4 heterocycles. The Morgan fingerprint density at radius 3 is 2.22 bits per heavy atom. The van der Waals surface area contributed by atoms with Crippen molar-refractivity contribution in [2.75, 3.05) is 36.8 Å². The Morgan fingerprint density at radius 2 is 1.63 bits per heavy atom. The summed E-state index contributed by atoms with van der Waals surface area (Å²) < 4.78 is 11.1. The Bertz CT molecular complexity index is 1500. The van der Waals surface area contributed by atoms with Gasteiger partial charge in [-0.2, -0.15) is 4.98 Å². The van der Waals surface area contributed by atoms with Crippen molar-refractivity contribution >= 4 is 17.9 Å². The van der Waals surface area contributed by atoms with Crippen molar-refractivity contribution in [3.05, 3.63) is 60.4 Å². The molecule has 0 bridgehead atoms. The molecule has 2 aliphatic rings. The number of hydrogen-bond donors (Lipinski definition) is 1. The van der Waals surface area contributed by atoms with Gasteiger partial charge in [-0.15, -0.1) is 0 Å². The molecule has 1 aromatic carbocycles. The highest BCUT2D eigenvalue weighted by Crippen LogP contribution is 2.48. The summed E-state index contributed by atoms with van der Waals surface area (Å²) in [5, 5.41) is 4.37. The average Bonchev–Trinajstić information content (AvgIpc) is 3.43. The summed E-state index contributed by atoms with van der Waals surface area (Å²) in [4.78, 5) is 38.3. The minimum absolute atomic E-state index is 0.254. The molecule has 41 heavy (non-hydrogen) atoms. The maximum Gasteiger partial charge on any atom is 0.410 e. The van der Waals surface area contributed by atoms with Crippen LogP contribution in [0.2, 0.25) is 0 Å². The molecule has 4 aromatic rings. The molecule has 3 aromatic heterocycles. The van der Waals surface area contributed by atoms with Crippen molar-refractivity contribution in [1.29, 1.82) is 0 Å². The first kappa shape index (κ1) is 26.6. The third kappa shape index (κ3) is 5.41. The number of anilines is 2. The van der Waals surface area contributed by atoms with Gasteiger partial charge in [0, 0.05) is 44.1 Å². The maximum atomic E-state index is 12.4. The fourth-order valence-corrected chi connectivity index (χ4v) is 5.20. The fourth-order valence-electron chi connectivity index (χ4n) is 5.20. The van der Waals surface area contributed by atoms with Gasteiger partial charge in [-0.05, 0) is 44.7 Å². The number of amides is 1. The van der Waals surface area contributed by atoms with Crippen LogP contribution in [0.25, 0.3) is 22.7 Å². The number of aromatic nitrogens is 6. The predicted molar refractivity (Wildman–Crippen MR) is 152 cm³/mol. The molecule has 2 fully saturated rings. The third-order valence-electron chi connectivity index (χ3n) is 7.62. The molecule has 1 aliphatic heterocycles. The Morgan fingerprint density at radius 1 is 0.927 bits per heavy atom. The minimum Gasteiger partial charge on any atom is -0.444 e. The minimum atomic E-state index is -0.513. The molecule has 12 heteroatoms. The van der Waals surface area contributed by atoms with Crippen LogP contribution in [0.4, 0.5) is 16.6 Å². The van der Waals surface area contributed by atoms with Crippen LogP contribution in [-0.2, 0) is 10.2 Å². The number of rotatable bonds is 5. The average molecular weight is 556 g/mol. The number of nitrogen functional groups attached to an aromatic ring is 1. The van der Waals surface area contributed by atoms with Crippen LogP contribution in [0.1, 0.15) is 51.4 Å². The largest absolute Gasteiger partial charge is 0.444 e. The van der Waals surface area contributed by atoms with Crippen LogP contribution in [0.3, 0.4) is 0 Å². The number of carbonyl (C=O) groups excluding carboxylic acids is 1. The highest BCUT2D eigenvalue weighted by molar-refractivity contribution is 5.68. The zero-order chi connectivity index (χ0) is 28.6. The van der Waals surface area contributed by atoms with Gasteiger partial charge < -0.3 is 24.8 Å². The number of carbonyl (C=O) groups is 1. The molecular weight excluding hydrogens is 522 g/mol. The SMILES string of the molecule is CC(C)(C)OC(=O)N1CCN(c2cnc(-c3nc(C4(c5ccc(-c6cnc(N)nc6)cc5)CCC4)no3)cn2)CC1. The van der Waals surface area contributed by atoms with Gasteiger partial charge in [0.05, 0.1) is 17.8 Å². The van der Waals surface area contributed by atoms with Gasteiger partial charge in [0.2, 0.25) is 5.95 Å². The van der Waals surface area contributed by atoms with Crippen molar-refractivity contribution in [2.24, 2.45) is 0 Å². The first-order chi connectivity index (χ1) is 19.7. The molecule has 0 spiro atoms. The van der Waals surface area contributed by atoms with Gasteiger partial charge in [0.25, 0.3) is 5.89 Å². The van der Waals surface area contributed by atoms with Gasteiger partial charge in [-0.1, -0.05) is 35.8 Å². The van der Waals surface area contributed by atoms with E-state index in [4.69, 9.17) is 20.0 Å². The predicted octanol–water partition coefficient (Wildman–Crippen LogP) is 4.09. The molecule has 0 radical (unpaired) electrons. The lowest BCUT2D eigenvalue weighted by atomic mass is 9.64. The van der Waals surface area contributed by atoms with E-state index in [1.165, 1.54) is 0 Å². The second kappa shape index (κ2) is 10.4. The van der Waals surface area contributed by atoms with Crippen molar-refractivity contribution in [3.63, 3.8) is 0 Å². The first-order valence-corrected chi connectivity index (χ1v) is 13.8. The summed E-state index contributed by atoms with van der Waals surface area (Å²) in [5.74, 6) is 1.99. The number of ether oxygens (including phenoxy) is 1. The summed E-state index contributed by atoms with van der Waals surface area (Å²) >= 11 is 0. The van der Waals surface area contributed by atoms with Gasteiger partial charge in [-0.25, -0.2) is 24.7 Å². The van der Waals surface area contributed by atoms with E-state index in [1.807, 2.05) is 20.8 Å². The van der Waals surface area contributed by atoms with E-state index in [-0.39, 0.29) is 17.5 Å². The standard InChI is InChI=1S/C29H33N9O3/c1-28(2,3)40-27(39)38-13-11-37(12-14-38)23-18-31-22(17-32-23)24-35-25(36-41-24)29(9-4-10-29)21-7-5-19(6-8-21)20-15-33-26(30)34-16-20/h5-8,15-18H,4,9-14H2,1-3H3,(H2,30,33,34). The van der Waals surface area contributed by atoms with Crippen LogP contribution in [0.15, 0.2) is 53.6 Å². The van der Waals surface area contributed by atoms with E-state index < -0.39 is 5.60 Å². The Balaban J connectivity index is 1.13. The van der Waals surface area contributed by atoms with E-state index in [2.05, 4.69) is 54.3 Å². The Hall–Kier alpha value is -4.61. The van der Waals surface area contributed by atoms with Crippen molar-refractivity contribution in [1.82, 2.24) is 35.0 Å². The topological polar surface area (TPSA) is 149 Å². The lowest BCUT2D eigenvalue weighted by Crippen LogP contribution is -2.50. The summed E-state index contributed by atoms with van der Waals surface area (Å²) in [5.41, 5.74) is 8.39. The second-order valence-corrected chi connectivity index (χ2v) is 11.5. The Kier molecular flexibility index (Phi) is 6.76. The van der Waals surface area contributed by atoms with Crippen molar-refractivity contribution in [2.45, 2.75) is 51.0 Å². The highest BCUT2D eigenvalue weighted by atomic mass is 16.6. The molecule has 212 valence electrons. The zero-order valence-electron chi connectivity index (χ0n) is 23.4. The highest BCUT2D eigenvalue weighted by Gasteiger charge is 2.44. The van der Waals surface area contributed by atoms with E-state index in [1.54, 1.807) is 29.7 Å². The van der Waals surface area contributed by atoms with Crippen molar-refractivity contribution in [3.8, 4) is 22.7 Å². The molecule has 1 amide bonds. The van der Waals surface area contributed by atoms with Gasteiger partial charge in [-0.3, -0.25) is 0 Å². The summed E-state index contributed by atoms with van der Waals surface area (Å²) in [6, 6.07) is 8.34. The fraction of sp³-hybridized carbons (Fsp3) is 0.414. The second-order valence-electron chi connectivity index (χ2n) is 11.5. The monoisotopic (exact) mass is 555 g/mol. The molecule has 0 unspecified atom stereocenters. The lowest BCUT2D eigenvalue weighted by molar-refractivity contribution is 0.0240. The number of hydrogen-bond acceptors (Lipinski definition) is 11. The third-order valence-corrected chi connectivity index (χ3v) is 7.62. The lowest BCUT2D eigenvalue weighted by Gasteiger charge is -2.39. The maximum absolute atomic E-state index is 12.4. The molecule has 1 saturated carbocycles. The van der Waals surface area contributed by atoms with Crippen LogP contribution in [0, 0.1) is 0 Å². The van der Waals surface area contributed by atoms with Crippen LogP contribution in [0.5, 0.6) is 0 Å². The normalized spacial score (nSPS) is 16.8. The van der Waals surface area contributed by atoms with E-state index in [0.29, 0.717) is 43.6 Å². The molecule has 1 aliphatic carbocycles. The number of benzene rings is 1. The van der Waals surface area contributed by atoms with E-state index >= 15 is 0 Å².